The molecule has 0 spiro atoms. The van der Waals surface area contributed by atoms with E-state index >= 15 is 0 Å². The zero-order valence-electron chi connectivity index (χ0n) is 20.4. The van der Waals surface area contributed by atoms with Gasteiger partial charge in [0.25, 0.3) is 0 Å². The third-order valence-corrected chi connectivity index (χ3v) is 6.48. The Morgan fingerprint density at radius 3 is 2.61 bits per heavy atom. The Labute approximate surface area is 207 Å². The number of aromatic nitrogens is 4. The van der Waals surface area contributed by atoms with Gasteiger partial charge in [0.05, 0.1) is 26.8 Å². The third-order valence-electron chi connectivity index (χ3n) is 6.48. The van der Waals surface area contributed by atoms with E-state index in [0.29, 0.717) is 59.8 Å². The number of ether oxygens (including phenoxy) is 3. The summed E-state index contributed by atoms with van der Waals surface area (Å²) < 4.78 is 17.9. The summed E-state index contributed by atoms with van der Waals surface area (Å²) in [5.41, 5.74) is 2.28. The van der Waals surface area contributed by atoms with E-state index in [9.17, 15) is 9.90 Å². The number of benzene rings is 2. The number of rotatable bonds is 7. The van der Waals surface area contributed by atoms with Crippen molar-refractivity contribution in [3.63, 3.8) is 0 Å². The maximum Gasteiger partial charge on any atom is 0.407 e. The number of carbonyl (C=O) groups is 1. The van der Waals surface area contributed by atoms with Crippen LogP contribution in [0.2, 0.25) is 0 Å². The van der Waals surface area contributed by atoms with Gasteiger partial charge in [-0.25, -0.2) is 14.8 Å². The lowest BCUT2D eigenvalue weighted by atomic mass is 9.98. The van der Waals surface area contributed by atoms with Crippen molar-refractivity contribution < 1.29 is 24.1 Å². The van der Waals surface area contributed by atoms with E-state index in [2.05, 4.69) is 5.32 Å². The topological polar surface area (TPSA) is 123 Å². The molecule has 1 saturated heterocycles. The highest BCUT2D eigenvalue weighted by Gasteiger charge is 2.28. The van der Waals surface area contributed by atoms with Gasteiger partial charge in [0.15, 0.2) is 11.5 Å². The number of hydrogen-bond acceptors (Lipinski definition) is 8. The normalized spacial score (nSPS) is 15.8. The van der Waals surface area contributed by atoms with Crippen molar-refractivity contribution in [3.05, 3.63) is 47.8 Å². The van der Waals surface area contributed by atoms with Crippen molar-refractivity contribution in [2.75, 3.05) is 39.7 Å². The molecule has 1 fully saturated rings. The summed E-state index contributed by atoms with van der Waals surface area (Å²) in [5, 5.41) is 18.4. The molecule has 4 aromatic rings. The Morgan fingerprint density at radius 2 is 1.86 bits per heavy atom. The molecule has 3 heterocycles. The van der Waals surface area contributed by atoms with Crippen LogP contribution in [0.3, 0.4) is 0 Å². The van der Waals surface area contributed by atoms with Gasteiger partial charge in [-0.05, 0) is 37.1 Å². The highest BCUT2D eigenvalue weighted by Crippen LogP contribution is 2.30. The Kier molecular flexibility index (Phi) is 6.36. The molecule has 188 valence electrons. The Morgan fingerprint density at radius 1 is 1.08 bits per heavy atom. The van der Waals surface area contributed by atoms with E-state index in [0.717, 1.165) is 23.8 Å². The lowest BCUT2D eigenvalue weighted by Crippen LogP contribution is -2.38. The monoisotopic (exact) mass is 492 g/mol. The fourth-order valence-electron chi connectivity index (χ4n) is 4.55. The number of piperidine rings is 1. The van der Waals surface area contributed by atoms with Crippen LogP contribution in [-0.2, 0) is 6.54 Å². The number of anilines is 1. The number of carboxylic acid groups (broad SMARTS) is 1. The molecule has 2 aromatic carbocycles. The standard InChI is InChI=1S/C25H28N6O5/c1-34-17-8-9-19-20(11-17)27-24(26-13-15-6-7-18(35-2)12-21(15)36-3)31-23(19)28-22(29-31)16-5-4-10-30(14-16)25(32)33/h6-9,11-12,16H,4-5,10,13-14H2,1-3H3,(H,26,27)(H,32,33)/t16-/m1/s1. The van der Waals surface area contributed by atoms with Crippen LogP contribution in [0, 0.1) is 0 Å². The molecule has 0 bridgehead atoms. The maximum atomic E-state index is 11.5. The number of nitrogens with zero attached hydrogens (tertiary/aromatic N) is 5. The molecule has 0 aliphatic carbocycles. The highest BCUT2D eigenvalue weighted by molar-refractivity contribution is 5.93. The third kappa shape index (κ3) is 4.39. The number of fused-ring (bicyclic) bond motifs is 3. The second kappa shape index (κ2) is 9.76. The number of amides is 1. The van der Waals surface area contributed by atoms with Gasteiger partial charge in [-0.3, -0.25) is 0 Å². The molecule has 0 radical (unpaired) electrons. The summed E-state index contributed by atoms with van der Waals surface area (Å²) in [6.07, 6.45) is 0.676. The van der Waals surface area contributed by atoms with Crippen LogP contribution in [-0.4, -0.2) is 70.1 Å². The zero-order chi connectivity index (χ0) is 25.2. The predicted octanol–water partition coefficient (Wildman–Crippen LogP) is 3.77. The molecule has 1 atom stereocenters. The van der Waals surface area contributed by atoms with Gasteiger partial charge in [-0.1, -0.05) is 0 Å². The molecular formula is C25H28N6O5. The quantitative estimate of drug-likeness (QED) is 0.397. The molecule has 1 aliphatic rings. The molecule has 2 aromatic heterocycles. The molecule has 0 unspecified atom stereocenters. The van der Waals surface area contributed by atoms with E-state index in [4.69, 9.17) is 29.3 Å². The summed E-state index contributed by atoms with van der Waals surface area (Å²) >= 11 is 0. The summed E-state index contributed by atoms with van der Waals surface area (Å²) in [4.78, 5) is 22.6. The molecule has 5 rings (SSSR count). The lowest BCUT2D eigenvalue weighted by molar-refractivity contribution is 0.129. The van der Waals surface area contributed by atoms with Crippen molar-refractivity contribution in [2.45, 2.75) is 25.3 Å². The van der Waals surface area contributed by atoms with Crippen LogP contribution in [0.1, 0.15) is 30.1 Å². The van der Waals surface area contributed by atoms with Crippen molar-refractivity contribution >= 4 is 28.6 Å². The maximum absolute atomic E-state index is 11.5. The fraction of sp³-hybridized carbons (Fsp3) is 0.360. The average molecular weight is 493 g/mol. The smallest absolute Gasteiger partial charge is 0.407 e. The Balaban J connectivity index is 1.55. The summed E-state index contributed by atoms with van der Waals surface area (Å²) in [6, 6.07) is 11.3. The van der Waals surface area contributed by atoms with Gasteiger partial charge in [-0.2, -0.15) is 4.52 Å². The second-order valence-electron chi connectivity index (χ2n) is 8.62. The molecule has 0 saturated carbocycles. The Bertz CT molecular complexity index is 1420. The average Bonchev–Trinajstić information content (AvgIpc) is 3.37. The first-order valence-electron chi connectivity index (χ1n) is 11.7. The van der Waals surface area contributed by atoms with Crippen LogP contribution < -0.4 is 19.5 Å². The van der Waals surface area contributed by atoms with E-state index < -0.39 is 6.09 Å². The molecule has 11 nitrogen and oxygen atoms in total. The molecule has 2 N–H and O–H groups in total. The van der Waals surface area contributed by atoms with Gasteiger partial charge in [-0.15, -0.1) is 5.10 Å². The first-order valence-corrected chi connectivity index (χ1v) is 11.7. The van der Waals surface area contributed by atoms with Crippen LogP contribution >= 0.6 is 0 Å². The van der Waals surface area contributed by atoms with Gasteiger partial charge >= 0.3 is 6.09 Å². The van der Waals surface area contributed by atoms with Crippen molar-refractivity contribution in [3.8, 4) is 17.2 Å². The van der Waals surface area contributed by atoms with E-state index in [1.165, 1.54) is 4.90 Å². The highest BCUT2D eigenvalue weighted by atomic mass is 16.5. The molecule has 1 amide bonds. The fourth-order valence-corrected chi connectivity index (χ4v) is 4.55. The van der Waals surface area contributed by atoms with Crippen molar-refractivity contribution in [1.29, 1.82) is 0 Å². The number of nitrogens with one attached hydrogen (secondary N) is 1. The molecule has 1 aliphatic heterocycles. The minimum Gasteiger partial charge on any atom is -0.497 e. The van der Waals surface area contributed by atoms with Gasteiger partial charge < -0.3 is 29.5 Å². The summed E-state index contributed by atoms with van der Waals surface area (Å²) in [7, 11) is 4.84. The first kappa shape index (κ1) is 23.5. The van der Waals surface area contributed by atoms with Gasteiger partial charge in [0.1, 0.15) is 17.2 Å². The second-order valence-corrected chi connectivity index (χ2v) is 8.62. The van der Waals surface area contributed by atoms with Crippen molar-refractivity contribution in [1.82, 2.24) is 24.5 Å². The first-order chi connectivity index (χ1) is 17.5. The summed E-state index contributed by atoms with van der Waals surface area (Å²) in [6.45, 7) is 1.33. The lowest BCUT2D eigenvalue weighted by Gasteiger charge is -2.28. The molecule has 36 heavy (non-hydrogen) atoms. The van der Waals surface area contributed by atoms with E-state index in [1.807, 2.05) is 36.4 Å². The molecule has 11 heteroatoms. The van der Waals surface area contributed by atoms with Crippen LogP contribution in [0.15, 0.2) is 36.4 Å². The van der Waals surface area contributed by atoms with Crippen LogP contribution in [0.5, 0.6) is 17.2 Å². The largest absolute Gasteiger partial charge is 0.497 e. The SMILES string of the molecule is COc1ccc(CNc2nc3cc(OC)ccc3c3nc([C@@H]4CCCN(C(=O)O)C4)nn23)c(OC)c1. The number of methoxy groups -OCH3 is 3. The molecular weight excluding hydrogens is 464 g/mol. The van der Waals surface area contributed by atoms with Crippen LogP contribution in [0.25, 0.3) is 16.6 Å². The van der Waals surface area contributed by atoms with E-state index in [-0.39, 0.29) is 5.92 Å². The number of hydrogen-bond donors (Lipinski definition) is 2. The van der Waals surface area contributed by atoms with Crippen molar-refractivity contribution in [2.24, 2.45) is 0 Å². The zero-order valence-corrected chi connectivity index (χ0v) is 20.4. The minimum atomic E-state index is -0.918. The Hall–Kier alpha value is -4.28. The minimum absolute atomic E-state index is 0.0856. The predicted molar refractivity (Wildman–Crippen MR) is 133 cm³/mol. The van der Waals surface area contributed by atoms with Crippen LogP contribution in [0.4, 0.5) is 10.7 Å². The van der Waals surface area contributed by atoms with Gasteiger partial charge in [0, 0.05) is 48.6 Å². The number of likely N-dealkylation sites (tertiary alicyclic amines) is 1. The van der Waals surface area contributed by atoms with E-state index in [1.54, 1.807) is 25.8 Å². The van der Waals surface area contributed by atoms with Gasteiger partial charge in [0.2, 0.25) is 5.95 Å². The summed E-state index contributed by atoms with van der Waals surface area (Å²) in [5.74, 6) is 3.11.